The van der Waals surface area contributed by atoms with Crippen LogP contribution in [-0.4, -0.2) is 50.8 Å². The summed E-state index contributed by atoms with van der Waals surface area (Å²) in [6.45, 7) is 4.60. The van der Waals surface area contributed by atoms with Crippen molar-refractivity contribution in [3.05, 3.63) is 0 Å². The van der Waals surface area contributed by atoms with Gasteiger partial charge in [-0.2, -0.15) is 0 Å². The fourth-order valence-corrected chi connectivity index (χ4v) is 3.25. The maximum atomic E-state index is 5.39. The number of nitrogens with one attached hydrogen (secondary N) is 1. The SMILES string of the molecule is COCC1(CC2CCN(C)C2)CCCN1. The van der Waals surface area contributed by atoms with E-state index in [9.17, 15) is 0 Å². The van der Waals surface area contributed by atoms with E-state index in [4.69, 9.17) is 4.74 Å². The summed E-state index contributed by atoms with van der Waals surface area (Å²) in [5.74, 6) is 0.871. The highest BCUT2D eigenvalue weighted by Gasteiger charge is 2.37. The van der Waals surface area contributed by atoms with Crippen molar-refractivity contribution in [2.45, 2.75) is 31.2 Å². The second kappa shape index (κ2) is 4.81. The average Bonchev–Trinajstić information content (AvgIpc) is 2.78. The molecule has 0 aromatic carbocycles. The molecule has 0 aromatic heterocycles. The Hall–Kier alpha value is -0.120. The van der Waals surface area contributed by atoms with Crippen molar-refractivity contribution in [1.82, 2.24) is 10.2 Å². The molecule has 0 amide bonds. The van der Waals surface area contributed by atoms with Crippen LogP contribution in [0.4, 0.5) is 0 Å². The van der Waals surface area contributed by atoms with Gasteiger partial charge in [0.05, 0.1) is 6.61 Å². The molecule has 3 heteroatoms. The van der Waals surface area contributed by atoms with Crippen molar-refractivity contribution in [3.8, 4) is 0 Å². The van der Waals surface area contributed by atoms with Crippen LogP contribution in [-0.2, 0) is 4.74 Å². The highest BCUT2D eigenvalue weighted by atomic mass is 16.5. The lowest BCUT2D eigenvalue weighted by molar-refractivity contribution is 0.103. The Morgan fingerprint density at radius 3 is 2.93 bits per heavy atom. The summed E-state index contributed by atoms with van der Waals surface area (Å²) >= 11 is 0. The van der Waals surface area contributed by atoms with Crippen LogP contribution in [0.25, 0.3) is 0 Å². The first kappa shape index (κ1) is 11.4. The Labute approximate surface area is 93.2 Å². The number of ether oxygens (including phenoxy) is 1. The van der Waals surface area contributed by atoms with Crippen molar-refractivity contribution >= 4 is 0 Å². The average molecular weight is 212 g/mol. The van der Waals surface area contributed by atoms with Crippen LogP contribution in [0.5, 0.6) is 0 Å². The van der Waals surface area contributed by atoms with E-state index in [0.29, 0.717) is 5.54 Å². The molecular formula is C12H24N2O. The zero-order valence-electron chi connectivity index (χ0n) is 10.1. The Morgan fingerprint density at radius 1 is 1.53 bits per heavy atom. The number of hydrogen-bond acceptors (Lipinski definition) is 3. The highest BCUT2D eigenvalue weighted by molar-refractivity contribution is 4.96. The maximum absolute atomic E-state index is 5.39. The van der Waals surface area contributed by atoms with E-state index in [1.807, 2.05) is 7.11 Å². The van der Waals surface area contributed by atoms with E-state index >= 15 is 0 Å². The molecule has 2 aliphatic heterocycles. The number of methoxy groups -OCH3 is 1. The van der Waals surface area contributed by atoms with E-state index in [0.717, 1.165) is 12.5 Å². The highest BCUT2D eigenvalue weighted by Crippen LogP contribution is 2.31. The minimum absolute atomic E-state index is 0.296. The summed E-state index contributed by atoms with van der Waals surface area (Å²) in [6, 6.07) is 0. The molecule has 3 nitrogen and oxygen atoms in total. The summed E-state index contributed by atoms with van der Waals surface area (Å²) in [5.41, 5.74) is 0.296. The second-order valence-electron chi connectivity index (χ2n) is 5.36. The van der Waals surface area contributed by atoms with Crippen LogP contribution >= 0.6 is 0 Å². The fourth-order valence-electron chi connectivity index (χ4n) is 3.25. The van der Waals surface area contributed by atoms with Gasteiger partial charge in [0.25, 0.3) is 0 Å². The van der Waals surface area contributed by atoms with Gasteiger partial charge in [0.15, 0.2) is 0 Å². The van der Waals surface area contributed by atoms with E-state index in [-0.39, 0.29) is 0 Å². The molecule has 15 heavy (non-hydrogen) atoms. The third-order valence-electron chi connectivity index (χ3n) is 3.92. The van der Waals surface area contributed by atoms with E-state index in [1.54, 1.807) is 0 Å². The molecule has 0 aliphatic carbocycles. The van der Waals surface area contributed by atoms with Crippen LogP contribution in [0.3, 0.4) is 0 Å². The molecule has 0 spiro atoms. The van der Waals surface area contributed by atoms with Gasteiger partial charge >= 0.3 is 0 Å². The minimum Gasteiger partial charge on any atom is -0.383 e. The smallest absolute Gasteiger partial charge is 0.0644 e. The van der Waals surface area contributed by atoms with Gasteiger partial charge in [-0.3, -0.25) is 0 Å². The van der Waals surface area contributed by atoms with Gasteiger partial charge in [0, 0.05) is 19.2 Å². The predicted molar refractivity (Wildman–Crippen MR) is 62.1 cm³/mol. The molecule has 2 saturated heterocycles. The van der Waals surface area contributed by atoms with E-state index in [2.05, 4.69) is 17.3 Å². The van der Waals surface area contributed by atoms with Gasteiger partial charge in [-0.25, -0.2) is 0 Å². The molecule has 0 bridgehead atoms. The van der Waals surface area contributed by atoms with Crippen LogP contribution in [0.2, 0.25) is 0 Å². The van der Waals surface area contributed by atoms with Gasteiger partial charge in [-0.1, -0.05) is 0 Å². The normalized spacial score (nSPS) is 37.6. The maximum Gasteiger partial charge on any atom is 0.0644 e. The summed E-state index contributed by atoms with van der Waals surface area (Å²) in [7, 11) is 4.05. The molecule has 0 aromatic rings. The standard InChI is InChI=1S/C12H24N2O/c1-14-7-4-11(9-14)8-12(10-15-2)5-3-6-13-12/h11,13H,3-10H2,1-2H3. The first-order valence-corrected chi connectivity index (χ1v) is 6.17. The quantitative estimate of drug-likeness (QED) is 0.755. The number of nitrogens with zero attached hydrogens (tertiary/aromatic N) is 1. The molecule has 2 unspecified atom stereocenters. The minimum atomic E-state index is 0.296. The Bertz CT molecular complexity index is 202. The molecule has 88 valence electrons. The molecule has 0 radical (unpaired) electrons. The van der Waals surface area contributed by atoms with Gasteiger partial charge in [0.2, 0.25) is 0 Å². The van der Waals surface area contributed by atoms with Crippen molar-refractivity contribution in [1.29, 1.82) is 0 Å². The first-order chi connectivity index (χ1) is 7.24. The lowest BCUT2D eigenvalue weighted by atomic mass is 9.86. The molecule has 2 rings (SSSR count). The molecule has 2 atom stereocenters. The zero-order chi connectivity index (χ0) is 10.7. The van der Waals surface area contributed by atoms with Gasteiger partial charge in [-0.15, -0.1) is 0 Å². The third-order valence-corrected chi connectivity index (χ3v) is 3.92. The molecular weight excluding hydrogens is 188 g/mol. The van der Waals surface area contributed by atoms with Gasteiger partial charge < -0.3 is 15.0 Å². The molecule has 2 aliphatic rings. The van der Waals surface area contributed by atoms with E-state index in [1.165, 1.54) is 45.3 Å². The number of likely N-dealkylation sites (tertiary alicyclic amines) is 1. The van der Waals surface area contributed by atoms with Crippen molar-refractivity contribution in [2.24, 2.45) is 5.92 Å². The lowest BCUT2D eigenvalue weighted by Gasteiger charge is -2.31. The number of hydrogen-bond donors (Lipinski definition) is 1. The monoisotopic (exact) mass is 212 g/mol. The Kier molecular flexibility index (Phi) is 3.65. The summed E-state index contributed by atoms with van der Waals surface area (Å²) in [5, 5.41) is 3.67. The molecule has 2 fully saturated rings. The van der Waals surface area contributed by atoms with Gasteiger partial charge in [0.1, 0.15) is 0 Å². The van der Waals surface area contributed by atoms with Crippen molar-refractivity contribution < 1.29 is 4.74 Å². The van der Waals surface area contributed by atoms with Crippen LogP contribution < -0.4 is 5.32 Å². The fraction of sp³-hybridized carbons (Fsp3) is 1.00. The zero-order valence-corrected chi connectivity index (χ0v) is 10.1. The van der Waals surface area contributed by atoms with Crippen LogP contribution in [0, 0.1) is 5.92 Å². The Balaban J connectivity index is 1.89. The second-order valence-corrected chi connectivity index (χ2v) is 5.36. The van der Waals surface area contributed by atoms with Crippen molar-refractivity contribution in [2.75, 3.05) is 40.4 Å². The largest absolute Gasteiger partial charge is 0.383 e. The van der Waals surface area contributed by atoms with Crippen LogP contribution in [0.1, 0.15) is 25.7 Å². The molecule has 0 saturated carbocycles. The van der Waals surface area contributed by atoms with E-state index < -0.39 is 0 Å². The van der Waals surface area contributed by atoms with Gasteiger partial charge in [-0.05, 0) is 51.7 Å². The Morgan fingerprint density at radius 2 is 2.40 bits per heavy atom. The first-order valence-electron chi connectivity index (χ1n) is 6.17. The molecule has 2 heterocycles. The molecule has 1 N–H and O–H groups in total. The topological polar surface area (TPSA) is 24.5 Å². The number of rotatable bonds is 4. The van der Waals surface area contributed by atoms with Crippen LogP contribution in [0.15, 0.2) is 0 Å². The summed E-state index contributed by atoms with van der Waals surface area (Å²) < 4.78 is 5.39. The van der Waals surface area contributed by atoms with Crippen molar-refractivity contribution in [3.63, 3.8) is 0 Å². The lowest BCUT2D eigenvalue weighted by Crippen LogP contribution is -2.45. The predicted octanol–water partition coefficient (Wildman–Crippen LogP) is 1.10. The summed E-state index contributed by atoms with van der Waals surface area (Å²) in [4.78, 5) is 2.44. The summed E-state index contributed by atoms with van der Waals surface area (Å²) in [6.07, 6.45) is 5.27. The third kappa shape index (κ3) is 2.71.